The van der Waals surface area contributed by atoms with Crippen LogP contribution < -0.4 is 9.47 Å². The molecule has 1 heterocycles. The van der Waals surface area contributed by atoms with Gasteiger partial charge in [0.05, 0.1) is 13.0 Å². The van der Waals surface area contributed by atoms with Crippen molar-refractivity contribution in [2.24, 2.45) is 0 Å². The molecule has 27 heavy (non-hydrogen) atoms. The molecule has 0 fully saturated rings. The molecule has 0 amide bonds. The number of aliphatic hydroxyl groups is 1. The van der Waals surface area contributed by atoms with Crippen LogP contribution in [0.3, 0.4) is 0 Å². The first-order chi connectivity index (χ1) is 13.2. The number of hydrogen-bond donors (Lipinski definition) is 1. The van der Waals surface area contributed by atoms with Crippen LogP contribution in [-0.2, 0) is 5.60 Å². The lowest BCUT2D eigenvalue weighted by atomic mass is 9.68. The van der Waals surface area contributed by atoms with Gasteiger partial charge in [0, 0.05) is 11.6 Å². The summed E-state index contributed by atoms with van der Waals surface area (Å²) in [6.07, 6.45) is 0.628. The van der Waals surface area contributed by atoms with E-state index in [1.54, 1.807) is 7.11 Å². The quantitative estimate of drug-likeness (QED) is 0.720. The molecule has 138 valence electrons. The molecule has 1 aliphatic heterocycles. The molecule has 1 N–H and O–H groups in total. The van der Waals surface area contributed by atoms with Gasteiger partial charge >= 0.3 is 0 Å². The van der Waals surface area contributed by atoms with Crippen molar-refractivity contribution in [3.8, 4) is 11.5 Å². The fraction of sp³-hybridized carbons (Fsp3) is 0.250. The van der Waals surface area contributed by atoms with Crippen molar-refractivity contribution in [2.45, 2.75) is 31.0 Å². The van der Waals surface area contributed by atoms with Crippen molar-refractivity contribution in [3.05, 3.63) is 95.6 Å². The maximum atomic E-state index is 12.3. The van der Waals surface area contributed by atoms with Gasteiger partial charge in [-0.05, 0) is 29.7 Å². The first kappa shape index (κ1) is 17.6. The van der Waals surface area contributed by atoms with E-state index in [9.17, 15) is 5.11 Å². The van der Waals surface area contributed by atoms with Crippen LogP contribution in [0.15, 0.2) is 78.9 Å². The third-order valence-corrected chi connectivity index (χ3v) is 5.47. The third kappa shape index (κ3) is 2.88. The standard InChI is InChI=1S/C24H24O3/c1-3-21-23(17-10-6-4-7-11-17)24(25,18-12-8-5-9-13-18)20-15-14-19(26-2)16-22(20)27-21/h4-16,21,23,25H,3H2,1-2H3. The van der Waals surface area contributed by atoms with Gasteiger partial charge in [-0.3, -0.25) is 0 Å². The smallest absolute Gasteiger partial charge is 0.129 e. The maximum absolute atomic E-state index is 12.3. The molecule has 0 aromatic heterocycles. The third-order valence-electron chi connectivity index (χ3n) is 5.47. The normalized spacial score (nSPS) is 24.0. The zero-order valence-electron chi connectivity index (χ0n) is 15.6. The van der Waals surface area contributed by atoms with E-state index in [2.05, 4.69) is 19.1 Å². The predicted octanol–water partition coefficient (Wildman–Crippen LogP) is 4.89. The number of hydrogen-bond acceptors (Lipinski definition) is 3. The van der Waals surface area contributed by atoms with E-state index in [4.69, 9.17) is 9.47 Å². The summed E-state index contributed by atoms with van der Waals surface area (Å²) >= 11 is 0. The summed E-state index contributed by atoms with van der Waals surface area (Å²) in [5, 5.41) is 12.3. The molecule has 1 aliphatic rings. The average molecular weight is 360 g/mol. The van der Waals surface area contributed by atoms with Gasteiger partial charge < -0.3 is 14.6 Å². The van der Waals surface area contributed by atoms with Gasteiger partial charge in [-0.1, -0.05) is 67.6 Å². The highest BCUT2D eigenvalue weighted by molar-refractivity contribution is 5.53. The van der Waals surface area contributed by atoms with Gasteiger partial charge in [0.15, 0.2) is 0 Å². The summed E-state index contributed by atoms with van der Waals surface area (Å²) in [5.74, 6) is 1.18. The molecule has 0 saturated heterocycles. The van der Waals surface area contributed by atoms with Crippen LogP contribution in [-0.4, -0.2) is 18.3 Å². The molecule has 3 aromatic carbocycles. The van der Waals surface area contributed by atoms with Crippen LogP contribution in [0, 0.1) is 0 Å². The minimum atomic E-state index is -1.19. The van der Waals surface area contributed by atoms with Crippen LogP contribution in [0.25, 0.3) is 0 Å². The van der Waals surface area contributed by atoms with E-state index in [1.165, 1.54) is 0 Å². The Morgan fingerprint density at radius 2 is 1.63 bits per heavy atom. The van der Waals surface area contributed by atoms with Crippen LogP contribution in [0.2, 0.25) is 0 Å². The van der Waals surface area contributed by atoms with Gasteiger partial charge in [0.2, 0.25) is 0 Å². The van der Waals surface area contributed by atoms with Gasteiger partial charge in [-0.25, -0.2) is 0 Å². The first-order valence-electron chi connectivity index (χ1n) is 9.36. The summed E-state index contributed by atoms with van der Waals surface area (Å²) in [6, 6.07) is 25.7. The molecule has 3 aromatic rings. The van der Waals surface area contributed by atoms with E-state index in [0.717, 1.165) is 28.9 Å². The monoisotopic (exact) mass is 360 g/mol. The molecule has 0 radical (unpaired) electrons. The molecule has 3 unspecified atom stereocenters. The van der Waals surface area contributed by atoms with E-state index >= 15 is 0 Å². The number of benzene rings is 3. The van der Waals surface area contributed by atoms with E-state index < -0.39 is 5.60 Å². The summed E-state index contributed by atoms with van der Waals surface area (Å²) in [5.41, 5.74) is 1.51. The lowest BCUT2D eigenvalue weighted by Gasteiger charge is -2.46. The minimum Gasteiger partial charge on any atom is -0.497 e. The number of ether oxygens (including phenoxy) is 2. The van der Waals surface area contributed by atoms with Crippen molar-refractivity contribution >= 4 is 0 Å². The molecule has 0 spiro atoms. The molecule has 0 bridgehead atoms. The highest BCUT2D eigenvalue weighted by Crippen LogP contribution is 2.52. The molecule has 3 heteroatoms. The minimum absolute atomic E-state index is 0.155. The summed E-state index contributed by atoms with van der Waals surface area (Å²) in [7, 11) is 1.64. The highest BCUT2D eigenvalue weighted by Gasteiger charge is 2.50. The zero-order chi connectivity index (χ0) is 18.9. The Morgan fingerprint density at radius 1 is 0.963 bits per heavy atom. The summed E-state index contributed by atoms with van der Waals surface area (Å²) in [6.45, 7) is 2.09. The van der Waals surface area contributed by atoms with Gasteiger partial charge in [-0.15, -0.1) is 0 Å². The molecule has 0 aliphatic carbocycles. The summed E-state index contributed by atoms with van der Waals surface area (Å²) in [4.78, 5) is 0. The molecule has 0 saturated carbocycles. The topological polar surface area (TPSA) is 38.7 Å². The summed E-state index contributed by atoms with van der Waals surface area (Å²) < 4.78 is 11.7. The molecule has 3 nitrogen and oxygen atoms in total. The van der Waals surface area contributed by atoms with E-state index in [0.29, 0.717) is 5.75 Å². The molecule has 3 atom stereocenters. The molecular weight excluding hydrogens is 336 g/mol. The van der Waals surface area contributed by atoms with E-state index in [-0.39, 0.29) is 12.0 Å². The van der Waals surface area contributed by atoms with Crippen LogP contribution >= 0.6 is 0 Å². The molecular formula is C24H24O3. The Bertz CT molecular complexity index is 907. The zero-order valence-corrected chi connectivity index (χ0v) is 15.6. The van der Waals surface area contributed by atoms with Gasteiger partial charge in [-0.2, -0.15) is 0 Å². The van der Waals surface area contributed by atoms with Crippen molar-refractivity contribution in [3.63, 3.8) is 0 Å². The van der Waals surface area contributed by atoms with E-state index in [1.807, 2.05) is 66.7 Å². The first-order valence-corrected chi connectivity index (χ1v) is 9.36. The number of fused-ring (bicyclic) bond motifs is 1. The maximum Gasteiger partial charge on any atom is 0.129 e. The lowest BCUT2D eigenvalue weighted by Crippen LogP contribution is -2.47. The number of methoxy groups -OCH3 is 1. The average Bonchev–Trinajstić information content (AvgIpc) is 2.74. The van der Waals surface area contributed by atoms with Gasteiger partial charge in [0.1, 0.15) is 23.2 Å². The Balaban J connectivity index is 1.98. The fourth-order valence-corrected chi connectivity index (χ4v) is 4.17. The second kappa shape index (κ2) is 7.09. The second-order valence-corrected chi connectivity index (χ2v) is 6.95. The lowest BCUT2D eigenvalue weighted by molar-refractivity contribution is -0.0257. The Hall–Kier alpha value is -2.78. The Kier molecular flexibility index (Phi) is 4.63. The van der Waals surface area contributed by atoms with Gasteiger partial charge in [0.25, 0.3) is 0 Å². The predicted molar refractivity (Wildman–Crippen MR) is 106 cm³/mol. The molecule has 4 rings (SSSR count). The van der Waals surface area contributed by atoms with Crippen LogP contribution in [0.1, 0.15) is 36.0 Å². The number of rotatable bonds is 4. The SMILES string of the molecule is CCC1Oc2cc(OC)ccc2C(O)(c2ccccc2)C1c1ccccc1. The van der Waals surface area contributed by atoms with Crippen molar-refractivity contribution in [1.29, 1.82) is 0 Å². The van der Waals surface area contributed by atoms with Crippen LogP contribution in [0.5, 0.6) is 11.5 Å². The van der Waals surface area contributed by atoms with Crippen molar-refractivity contribution < 1.29 is 14.6 Å². The largest absolute Gasteiger partial charge is 0.497 e. The van der Waals surface area contributed by atoms with Crippen molar-refractivity contribution in [1.82, 2.24) is 0 Å². The Labute approximate surface area is 160 Å². The second-order valence-electron chi connectivity index (χ2n) is 6.95. The highest BCUT2D eigenvalue weighted by atomic mass is 16.5. The van der Waals surface area contributed by atoms with Crippen molar-refractivity contribution in [2.75, 3.05) is 7.11 Å². The Morgan fingerprint density at radius 3 is 2.26 bits per heavy atom. The van der Waals surface area contributed by atoms with Crippen LogP contribution in [0.4, 0.5) is 0 Å². The fourth-order valence-electron chi connectivity index (χ4n) is 4.17.